The van der Waals surface area contributed by atoms with Gasteiger partial charge in [-0.2, -0.15) is 0 Å². The van der Waals surface area contributed by atoms with Gasteiger partial charge < -0.3 is 15.3 Å². The number of aliphatic hydroxyl groups is 2. The zero-order valence-electron chi connectivity index (χ0n) is 11.5. The van der Waals surface area contributed by atoms with Gasteiger partial charge >= 0.3 is 5.97 Å². The summed E-state index contributed by atoms with van der Waals surface area (Å²) in [6.45, 7) is 1.11. The largest absolute Gasteiger partial charge is 0.507 e. The molecule has 6 nitrogen and oxygen atoms in total. The molecule has 2 atom stereocenters. The van der Waals surface area contributed by atoms with Crippen LogP contribution in [0.4, 0.5) is 0 Å². The Hall–Kier alpha value is -2.73. The minimum Gasteiger partial charge on any atom is -0.507 e. The van der Waals surface area contributed by atoms with Crippen molar-refractivity contribution >= 4 is 23.3 Å². The molecule has 1 aromatic carbocycles. The molecule has 0 heterocycles. The zero-order chi connectivity index (χ0) is 16.2. The fraction of sp³-hybridized carbons (Fsp3) is 0.188. The maximum absolute atomic E-state index is 12.5. The SMILES string of the molecule is CC1(O)C2=C(O)c3ccccc3C(=O)C2=CC(=O)C1C(=O)O. The van der Waals surface area contributed by atoms with Crippen LogP contribution in [-0.4, -0.2) is 38.5 Å². The van der Waals surface area contributed by atoms with E-state index in [1.165, 1.54) is 12.1 Å². The van der Waals surface area contributed by atoms with E-state index in [2.05, 4.69) is 0 Å². The van der Waals surface area contributed by atoms with Gasteiger partial charge in [-0.3, -0.25) is 14.4 Å². The third-order valence-corrected chi connectivity index (χ3v) is 4.06. The molecule has 0 saturated carbocycles. The van der Waals surface area contributed by atoms with Gasteiger partial charge in [0, 0.05) is 22.3 Å². The van der Waals surface area contributed by atoms with E-state index in [0.717, 1.165) is 13.0 Å². The van der Waals surface area contributed by atoms with Crippen LogP contribution in [-0.2, 0) is 9.59 Å². The highest BCUT2D eigenvalue weighted by Gasteiger charge is 2.53. The van der Waals surface area contributed by atoms with Crippen molar-refractivity contribution in [3.63, 3.8) is 0 Å². The Morgan fingerprint density at radius 2 is 1.77 bits per heavy atom. The molecule has 112 valence electrons. The summed E-state index contributed by atoms with van der Waals surface area (Å²) < 4.78 is 0. The van der Waals surface area contributed by atoms with Crippen LogP contribution in [0, 0.1) is 5.92 Å². The molecule has 6 heteroatoms. The predicted molar refractivity (Wildman–Crippen MR) is 75.2 cm³/mol. The number of carboxylic acid groups (broad SMARTS) is 1. The number of carbonyl (C=O) groups is 3. The lowest BCUT2D eigenvalue weighted by atomic mass is 9.67. The standard InChI is InChI=1S/C16H12O6/c1-16(22)11-9(6-10(17)12(16)15(20)21)13(18)7-4-2-3-5-8(7)14(11)19/h2-6,12,19,22H,1H3,(H,20,21). The Bertz CT molecular complexity index is 797. The normalized spacial score (nSPS) is 27.2. The molecule has 2 aliphatic rings. The van der Waals surface area contributed by atoms with Crippen LogP contribution in [0.25, 0.3) is 5.76 Å². The molecule has 0 aliphatic heterocycles. The van der Waals surface area contributed by atoms with Gasteiger partial charge in [0.2, 0.25) is 0 Å². The number of hydrogen-bond donors (Lipinski definition) is 3. The first-order valence-electron chi connectivity index (χ1n) is 6.55. The van der Waals surface area contributed by atoms with Crippen molar-refractivity contribution in [1.82, 2.24) is 0 Å². The summed E-state index contributed by atoms with van der Waals surface area (Å²) in [6, 6.07) is 6.20. The van der Waals surface area contributed by atoms with Crippen LogP contribution < -0.4 is 0 Å². The average molecular weight is 300 g/mol. The van der Waals surface area contributed by atoms with Gasteiger partial charge in [-0.1, -0.05) is 24.3 Å². The van der Waals surface area contributed by atoms with E-state index in [1.54, 1.807) is 12.1 Å². The molecule has 2 unspecified atom stereocenters. The van der Waals surface area contributed by atoms with Crippen molar-refractivity contribution in [2.24, 2.45) is 5.92 Å². The molecule has 22 heavy (non-hydrogen) atoms. The van der Waals surface area contributed by atoms with Gasteiger partial charge in [-0.15, -0.1) is 0 Å². The maximum atomic E-state index is 12.5. The number of hydrogen-bond acceptors (Lipinski definition) is 5. The second kappa shape index (κ2) is 4.38. The topological polar surface area (TPSA) is 112 Å². The van der Waals surface area contributed by atoms with Crippen molar-refractivity contribution in [3.8, 4) is 0 Å². The Balaban J connectivity index is 2.37. The number of carbonyl (C=O) groups excluding carboxylic acids is 2. The summed E-state index contributed by atoms with van der Waals surface area (Å²) in [5.74, 6) is -5.08. The minimum absolute atomic E-state index is 0.163. The fourth-order valence-electron chi connectivity index (χ4n) is 3.07. The van der Waals surface area contributed by atoms with E-state index >= 15 is 0 Å². The number of rotatable bonds is 1. The van der Waals surface area contributed by atoms with Gasteiger partial charge in [-0.25, -0.2) is 0 Å². The summed E-state index contributed by atoms with van der Waals surface area (Å²) in [5, 5.41) is 30.2. The van der Waals surface area contributed by atoms with Gasteiger partial charge in [0.05, 0.1) is 0 Å². The van der Waals surface area contributed by atoms with E-state index in [-0.39, 0.29) is 28.0 Å². The monoisotopic (exact) mass is 300 g/mol. The smallest absolute Gasteiger partial charge is 0.317 e. The summed E-state index contributed by atoms with van der Waals surface area (Å²) in [6.07, 6.45) is 0.889. The molecule has 0 aromatic heterocycles. The lowest BCUT2D eigenvalue weighted by Crippen LogP contribution is -2.50. The molecule has 2 aliphatic carbocycles. The number of ketones is 2. The van der Waals surface area contributed by atoms with Crippen molar-refractivity contribution in [3.05, 3.63) is 52.6 Å². The van der Waals surface area contributed by atoms with Crippen LogP contribution in [0.3, 0.4) is 0 Å². The Morgan fingerprint density at radius 3 is 2.36 bits per heavy atom. The molecular weight excluding hydrogens is 288 g/mol. The van der Waals surface area contributed by atoms with Gasteiger partial charge in [-0.05, 0) is 13.0 Å². The second-order valence-electron chi connectivity index (χ2n) is 5.48. The summed E-state index contributed by atoms with van der Waals surface area (Å²) >= 11 is 0. The van der Waals surface area contributed by atoms with Gasteiger partial charge in [0.25, 0.3) is 0 Å². The first-order chi connectivity index (χ1) is 10.3. The number of aliphatic hydroxyl groups excluding tert-OH is 1. The van der Waals surface area contributed by atoms with E-state index in [1.807, 2.05) is 0 Å². The zero-order valence-corrected chi connectivity index (χ0v) is 11.5. The minimum atomic E-state index is -2.18. The number of carboxylic acids is 1. The molecule has 0 fully saturated rings. The number of benzene rings is 1. The van der Waals surface area contributed by atoms with Crippen molar-refractivity contribution in [2.45, 2.75) is 12.5 Å². The van der Waals surface area contributed by atoms with E-state index in [4.69, 9.17) is 0 Å². The quantitative estimate of drug-likeness (QED) is 0.670. The fourth-order valence-corrected chi connectivity index (χ4v) is 3.07. The third-order valence-electron chi connectivity index (χ3n) is 4.06. The summed E-state index contributed by atoms with van der Waals surface area (Å²) in [4.78, 5) is 35.8. The maximum Gasteiger partial charge on any atom is 0.317 e. The van der Waals surface area contributed by atoms with Crippen molar-refractivity contribution < 1.29 is 29.7 Å². The number of allylic oxidation sites excluding steroid dienone is 1. The Kier molecular flexibility index (Phi) is 2.83. The summed E-state index contributed by atoms with van der Waals surface area (Å²) in [7, 11) is 0. The number of fused-ring (bicyclic) bond motifs is 2. The van der Waals surface area contributed by atoms with Crippen molar-refractivity contribution in [2.75, 3.05) is 0 Å². The van der Waals surface area contributed by atoms with Crippen LogP contribution in [0.15, 0.2) is 41.5 Å². The highest BCUT2D eigenvalue weighted by molar-refractivity contribution is 6.23. The van der Waals surface area contributed by atoms with Crippen LogP contribution in [0.5, 0.6) is 0 Å². The van der Waals surface area contributed by atoms with E-state index in [9.17, 15) is 29.7 Å². The predicted octanol–water partition coefficient (Wildman–Crippen LogP) is 1.11. The first kappa shape index (κ1) is 14.2. The number of Topliss-reactive ketones (excluding diaryl/α,β-unsaturated/α-hetero) is 1. The van der Waals surface area contributed by atoms with Crippen LogP contribution >= 0.6 is 0 Å². The molecule has 1 aromatic rings. The average Bonchev–Trinajstić information content (AvgIpc) is 2.42. The first-order valence-corrected chi connectivity index (χ1v) is 6.55. The number of aliphatic carboxylic acids is 1. The van der Waals surface area contributed by atoms with Crippen LogP contribution in [0.2, 0.25) is 0 Å². The highest BCUT2D eigenvalue weighted by Crippen LogP contribution is 2.44. The molecule has 0 amide bonds. The van der Waals surface area contributed by atoms with E-state index in [0.29, 0.717) is 0 Å². The second-order valence-corrected chi connectivity index (χ2v) is 5.48. The Morgan fingerprint density at radius 1 is 1.18 bits per heavy atom. The molecule has 0 spiro atoms. The Labute approximate surface area is 125 Å². The molecule has 3 rings (SSSR count). The molecule has 3 N–H and O–H groups in total. The molecule has 0 saturated heterocycles. The highest BCUT2D eigenvalue weighted by atomic mass is 16.4. The van der Waals surface area contributed by atoms with Gasteiger partial charge in [0.15, 0.2) is 17.5 Å². The molecule has 0 radical (unpaired) electrons. The lowest BCUT2D eigenvalue weighted by molar-refractivity contribution is -0.153. The van der Waals surface area contributed by atoms with Crippen LogP contribution in [0.1, 0.15) is 22.8 Å². The molecular formula is C16H12O6. The lowest BCUT2D eigenvalue weighted by Gasteiger charge is -2.37. The third kappa shape index (κ3) is 1.67. The van der Waals surface area contributed by atoms with E-state index < -0.39 is 29.1 Å². The molecule has 0 bridgehead atoms. The summed E-state index contributed by atoms with van der Waals surface area (Å²) in [5.41, 5.74) is -2.15. The van der Waals surface area contributed by atoms with Gasteiger partial charge in [0.1, 0.15) is 11.4 Å². The van der Waals surface area contributed by atoms with Crippen molar-refractivity contribution in [1.29, 1.82) is 0 Å².